The number of ether oxygens (including phenoxy) is 3. The van der Waals surface area contributed by atoms with E-state index < -0.39 is 12.5 Å². The lowest BCUT2D eigenvalue weighted by atomic mass is 10.1. The largest absolute Gasteiger partial charge is 0.497 e. The van der Waals surface area contributed by atoms with Crippen molar-refractivity contribution >= 4 is 11.6 Å². The molecule has 26 heavy (non-hydrogen) atoms. The van der Waals surface area contributed by atoms with E-state index >= 15 is 0 Å². The van der Waals surface area contributed by atoms with E-state index in [1.54, 1.807) is 37.3 Å². The second-order valence-electron chi connectivity index (χ2n) is 5.15. The van der Waals surface area contributed by atoms with Crippen LogP contribution in [0.5, 0.6) is 17.2 Å². The summed E-state index contributed by atoms with van der Waals surface area (Å²) in [7, 11) is 2.96. The maximum Gasteiger partial charge on any atom is 0.387 e. The van der Waals surface area contributed by atoms with E-state index in [1.165, 1.54) is 26.4 Å². The molecule has 138 valence electrons. The number of carbonyl (C=O) groups excluding carboxylic acids is 1. The van der Waals surface area contributed by atoms with Crippen LogP contribution in [0.2, 0.25) is 0 Å². The third kappa shape index (κ3) is 5.17. The Morgan fingerprint density at radius 1 is 1.00 bits per heavy atom. The molecule has 2 aromatic rings. The Balaban J connectivity index is 2.14. The minimum Gasteiger partial charge on any atom is -0.497 e. The first-order valence-electron chi connectivity index (χ1n) is 7.56. The molecular weight excluding hydrogens is 346 g/mol. The number of rotatable bonds is 7. The number of nitrogens with zero attached hydrogens (tertiary/aromatic N) is 1. The van der Waals surface area contributed by atoms with E-state index in [2.05, 4.69) is 15.3 Å². The molecule has 0 heterocycles. The smallest absolute Gasteiger partial charge is 0.387 e. The van der Waals surface area contributed by atoms with Gasteiger partial charge in [0.05, 0.1) is 19.9 Å². The third-order valence-electron chi connectivity index (χ3n) is 3.42. The number of alkyl halides is 2. The van der Waals surface area contributed by atoms with Crippen molar-refractivity contribution in [1.82, 2.24) is 5.43 Å². The van der Waals surface area contributed by atoms with Gasteiger partial charge in [-0.15, -0.1) is 0 Å². The van der Waals surface area contributed by atoms with E-state index in [4.69, 9.17) is 9.47 Å². The van der Waals surface area contributed by atoms with Crippen LogP contribution >= 0.6 is 0 Å². The van der Waals surface area contributed by atoms with Gasteiger partial charge in [-0.1, -0.05) is 12.1 Å². The summed E-state index contributed by atoms with van der Waals surface area (Å²) >= 11 is 0. The minimum atomic E-state index is -2.91. The van der Waals surface area contributed by atoms with Gasteiger partial charge in [-0.2, -0.15) is 13.9 Å². The lowest BCUT2D eigenvalue weighted by molar-refractivity contribution is -0.0498. The van der Waals surface area contributed by atoms with E-state index in [0.29, 0.717) is 28.3 Å². The number of hydrogen-bond acceptors (Lipinski definition) is 5. The van der Waals surface area contributed by atoms with Gasteiger partial charge in [0.25, 0.3) is 5.91 Å². The van der Waals surface area contributed by atoms with Crippen molar-refractivity contribution in [1.29, 1.82) is 0 Å². The van der Waals surface area contributed by atoms with Crippen molar-refractivity contribution in [2.24, 2.45) is 5.10 Å². The van der Waals surface area contributed by atoms with Crippen LogP contribution in [0.25, 0.3) is 0 Å². The fourth-order valence-corrected chi connectivity index (χ4v) is 2.10. The molecule has 0 spiro atoms. The summed E-state index contributed by atoms with van der Waals surface area (Å²) in [6, 6.07) is 10.8. The first-order chi connectivity index (χ1) is 12.4. The fourth-order valence-electron chi connectivity index (χ4n) is 2.10. The second kappa shape index (κ2) is 8.80. The van der Waals surface area contributed by atoms with Gasteiger partial charge in [0.2, 0.25) is 0 Å². The van der Waals surface area contributed by atoms with Crippen LogP contribution in [-0.4, -0.2) is 32.4 Å². The first kappa shape index (κ1) is 19.2. The van der Waals surface area contributed by atoms with Gasteiger partial charge in [0.15, 0.2) is 0 Å². The van der Waals surface area contributed by atoms with Gasteiger partial charge in [0, 0.05) is 17.2 Å². The molecule has 0 saturated heterocycles. The molecule has 0 bridgehead atoms. The Labute approximate surface area is 149 Å². The van der Waals surface area contributed by atoms with Gasteiger partial charge in [-0.05, 0) is 31.2 Å². The average Bonchev–Trinajstić information content (AvgIpc) is 2.64. The molecular formula is C18H18F2N2O4. The summed E-state index contributed by atoms with van der Waals surface area (Å²) < 4.78 is 39.2. The number of hydrazone groups is 1. The zero-order valence-corrected chi connectivity index (χ0v) is 14.5. The molecule has 0 radical (unpaired) electrons. The lowest BCUT2D eigenvalue weighted by Crippen LogP contribution is -2.19. The normalized spacial score (nSPS) is 11.2. The molecule has 1 amide bonds. The molecule has 0 saturated carbocycles. The Morgan fingerprint density at radius 2 is 1.62 bits per heavy atom. The number of amides is 1. The monoisotopic (exact) mass is 364 g/mol. The van der Waals surface area contributed by atoms with Gasteiger partial charge in [0.1, 0.15) is 17.2 Å². The summed E-state index contributed by atoms with van der Waals surface area (Å²) in [4.78, 5) is 12.3. The third-order valence-corrected chi connectivity index (χ3v) is 3.42. The molecule has 1 N–H and O–H groups in total. The topological polar surface area (TPSA) is 69.2 Å². The Kier molecular flexibility index (Phi) is 6.48. The van der Waals surface area contributed by atoms with Crippen molar-refractivity contribution in [2.45, 2.75) is 13.5 Å². The van der Waals surface area contributed by atoms with E-state index in [0.717, 1.165) is 0 Å². The number of halogens is 2. The Bertz CT molecular complexity index is 787. The Morgan fingerprint density at radius 3 is 2.19 bits per heavy atom. The van der Waals surface area contributed by atoms with Gasteiger partial charge < -0.3 is 14.2 Å². The highest BCUT2D eigenvalue weighted by atomic mass is 19.3. The van der Waals surface area contributed by atoms with E-state index in [9.17, 15) is 13.6 Å². The first-order valence-corrected chi connectivity index (χ1v) is 7.56. The summed E-state index contributed by atoms with van der Waals surface area (Å²) in [5, 5.41) is 3.99. The zero-order valence-electron chi connectivity index (χ0n) is 14.5. The highest BCUT2D eigenvalue weighted by Crippen LogP contribution is 2.22. The second-order valence-corrected chi connectivity index (χ2v) is 5.15. The van der Waals surface area contributed by atoms with E-state index in [1.807, 2.05) is 0 Å². The molecule has 2 rings (SSSR count). The van der Waals surface area contributed by atoms with Crippen LogP contribution in [0, 0.1) is 0 Å². The van der Waals surface area contributed by atoms with Crippen molar-refractivity contribution in [3.63, 3.8) is 0 Å². The quantitative estimate of drug-likeness (QED) is 0.603. The molecule has 0 aliphatic carbocycles. The van der Waals surface area contributed by atoms with Crippen molar-refractivity contribution < 1.29 is 27.8 Å². The predicted molar refractivity (Wildman–Crippen MR) is 92.3 cm³/mol. The number of methoxy groups -OCH3 is 2. The van der Waals surface area contributed by atoms with Crippen molar-refractivity contribution in [3.05, 3.63) is 53.6 Å². The van der Waals surface area contributed by atoms with Gasteiger partial charge in [-0.3, -0.25) is 4.79 Å². The van der Waals surface area contributed by atoms with Crippen LogP contribution in [0.1, 0.15) is 22.8 Å². The zero-order chi connectivity index (χ0) is 19.1. The van der Waals surface area contributed by atoms with Crippen molar-refractivity contribution in [2.75, 3.05) is 14.2 Å². The molecule has 0 aromatic heterocycles. The Hall–Kier alpha value is -3.16. The summed E-state index contributed by atoms with van der Waals surface area (Å²) in [5.41, 5.74) is 3.67. The molecule has 0 fully saturated rings. The molecule has 8 heteroatoms. The molecule has 2 aromatic carbocycles. The summed E-state index contributed by atoms with van der Waals surface area (Å²) in [6.45, 7) is -1.28. The fraction of sp³-hybridized carbons (Fsp3) is 0.222. The van der Waals surface area contributed by atoms with Crippen LogP contribution in [0.4, 0.5) is 8.78 Å². The lowest BCUT2D eigenvalue weighted by Gasteiger charge is -2.09. The SMILES string of the molecule is COc1cc(OC)cc(C(=O)N/N=C(/C)c2cccc(OC(F)F)c2)c1. The van der Waals surface area contributed by atoms with Crippen LogP contribution in [0.3, 0.4) is 0 Å². The predicted octanol–water partition coefficient (Wildman–Crippen LogP) is 3.46. The maximum atomic E-state index is 12.3. The number of nitrogens with one attached hydrogen (secondary N) is 1. The summed E-state index contributed by atoms with van der Waals surface area (Å²) in [5.74, 6) is 0.469. The average molecular weight is 364 g/mol. The van der Waals surface area contributed by atoms with Crippen LogP contribution in [0.15, 0.2) is 47.6 Å². The van der Waals surface area contributed by atoms with E-state index in [-0.39, 0.29) is 5.75 Å². The molecule has 0 aliphatic rings. The standard InChI is InChI=1S/C18H18F2N2O4/c1-11(12-5-4-6-14(7-12)26-18(19)20)21-22-17(23)13-8-15(24-2)10-16(9-13)25-3/h4-10,18H,1-3H3,(H,22,23)/b21-11-. The number of hydrogen-bond donors (Lipinski definition) is 1. The van der Waals surface area contributed by atoms with Crippen LogP contribution < -0.4 is 19.6 Å². The molecule has 6 nitrogen and oxygen atoms in total. The molecule has 0 atom stereocenters. The number of benzene rings is 2. The highest BCUT2D eigenvalue weighted by Gasteiger charge is 2.10. The van der Waals surface area contributed by atoms with Crippen LogP contribution in [-0.2, 0) is 0 Å². The van der Waals surface area contributed by atoms with Crippen molar-refractivity contribution in [3.8, 4) is 17.2 Å². The number of carbonyl (C=O) groups is 1. The highest BCUT2D eigenvalue weighted by molar-refractivity contribution is 6.01. The maximum absolute atomic E-state index is 12.3. The minimum absolute atomic E-state index is 0.0101. The van der Waals surface area contributed by atoms with Gasteiger partial charge >= 0.3 is 6.61 Å². The molecule has 0 unspecified atom stereocenters. The van der Waals surface area contributed by atoms with Gasteiger partial charge in [-0.25, -0.2) is 5.43 Å². The molecule has 0 aliphatic heterocycles. The summed E-state index contributed by atoms with van der Waals surface area (Å²) in [6.07, 6.45) is 0.